The van der Waals surface area contributed by atoms with Gasteiger partial charge in [0.1, 0.15) is 0 Å². The highest BCUT2D eigenvalue weighted by Gasteiger charge is 2.06. The summed E-state index contributed by atoms with van der Waals surface area (Å²) in [6.07, 6.45) is 3.63. The molecule has 1 heterocycles. The summed E-state index contributed by atoms with van der Waals surface area (Å²) in [6, 6.07) is 7.99. The number of imidazole rings is 1. The number of nitrogens with zero attached hydrogens (tertiary/aromatic N) is 1. The van der Waals surface area contributed by atoms with E-state index in [1.54, 1.807) is 18.0 Å². The van der Waals surface area contributed by atoms with Crippen LogP contribution >= 0.6 is 11.8 Å². The number of nitrogens with one attached hydrogen (secondary N) is 1. The summed E-state index contributed by atoms with van der Waals surface area (Å²) in [4.78, 5) is 18.8. The van der Waals surface area contributed by atoms with Gasteiger partial charge in [-0.2, -0.15) is 0 Å². The van der Waals surface area contributed by atoms with E-state index in [0.29, 0.717) is 0 Å². The zero-order chi connectivity index (χ0) is 11.5. The first-order chi connectivity index (χ1) is 7.70. The lowest BCUT2D eigenvalue weighted by molar-refractivity contribution is 0.0991. The fourth-order valence-electron chi connectivity index (χ4n) is 1.36. The minimum absolute atomic E-state index is 0.184. The Morgan fingerprint density at radius 3 is 2.56 bits per heavy atom. The number of hydrogen-bond acceptors (Lipinski definition) is 3. The normalized spacial score (nSPS) is 10.3. The minimum Gasteiger partial charge on any atom is -0.363 e. The molecule has 1 aromatic carbocycles. The third-order valence-corrected chi connectivity index (χ3v) is 2.95. The third kappa shape index (κ3) is 2.09. The van der Waals surface area contributed by atoms with Crippen molar-refractivity contribution in [2.45, 2.75) is 4.90 Å². The largest absolute Gasteiger partial charge is 0.363 e. The Morgan fingerprint density at radius 1 is 1.38 bits per heavy atom. The zero-order valence-corrected chi connectivity index (χ0v) is 9.54. The van der Waals surface area contributed by atoms with Gasteiger partial charge < -0.3 is 10.7 Å². The van der Waals surface area contributed by atoms with Crippen molar-refractivity contribution < 1.29 is 4.79 Å². The minimum atomic E-state index is -0.549. The van der Waals surface area contributed by atoms with Gasteiger partial charge in [0, 0.05) is 4.90 Å². The van der Waals surface area contributed by atoms with Gasteiger partial charge in [0.05, 0.1) is 11.9 Å². The standard InChI is InChI=1S/C11H11N3OS/c1-16-8-4-2-7(3-5-8)9-6-13-11(14-9)10(12)15/h2-6H,1H3,(H2,12,15)(H,13,14). The highest BCUT2D eigenvalue weighted by Crippen LogP contribution is 2.21. The fourth-order valence-corrected chi connectivity index (χ4v) is 1.77. The van der Waals surface area contributed by atoms with Gasteiger partial charge >= 0.3 is 0 Å². The van der Waals surface area contributed by atoms with Crippen LogP contribution in [0.2, 0.25) is 0 Å². The number of aromatic nitrogens is 2. The predicted molar refractivity (Wildman–Crippen MR) is 64.3 cm³/mol. The summed E-state index contributed by atoms with van der Waals surface area (Å²) in [6.45, 7) is 0. The van der Waals surface area contributed by atoms with Gasteiger partial charge in [-0.05, 0) is 24.0 Å². The van der Waals surface area contributed by atoms with Crippen LogP contribution in [0.4, 0.5) is 0 Å². The molecule has 82 valence electrons. The van der Waals surface area contributed by atoms with Crippen molar-refractivity contribution >= 4 is 17.7 Å². The maximum absolute atomic E-state index is 10.9. The molecule has 0 spiro atoms. The number of rotatable bonds is 3. The molecule has 0 radical (unpaired) electrons. The number of carbonyl (C=O) groups excluding carboxylic acids is 1. The van der Waals surface area contributed by atoms with E-state index in [-0.39, 0.29) is 5.82 Å². The summed E-state index contributed by atoms with van der Waals surface area (Å²) in [5.74, 6) is -0.365. The number of H-pyrrole nitrogens is 1. The Bertz CT molecular complexity index is 504. The van der Waals surface area contributed by atoms with Crippen molar-refractivity contribution in [1.29, 1.82) is 0 Å². The Labute approximate surface area is 97.3 Å². The molecule has 0 saturated heterocycles. The van der Waals surface area contributed by atoms with E-state index in [4.69, 9.17) is 5.73 Å². The van der Waals surface area contributed by atoms with Crippen LogP contribution in [0, 0.1) is 0 Å². The van der Waals surface area contributed by atoms with Crippen molar-refractivity contribution in [3.05, 3.63) is 36.3 Å². The quantitative estimate of drug-likeness (QED) is 0.795. The number of thioether (sulfide) groups is 1. The predicted octanol–water partition coefficient (Wildman–Crippen LogP) is 1.90. The van der Waals surface area contributed by atoms with Gasteiger partial charge in [0.25, 0.3) is 5.91 Å². The maximum Gasteiger partial charge on any atom is 0.284 e. The molecule has 2 aromatic rings. The van der Waals surface area contributed by atoms with Crippen LogP contribution in [-0.4, -0.2) is 22.1 Å². The van der Waals surface area contributed by atoms with Gasteiger partial charge in [-0.15, -0.1) is 11.8 Å². The third-order valence-electron chi connectivity index (χ3n) is 2.21. The Hall–Kier alpha value is -1.75. The highest BCUT2D eigenvalue weighted by atomic mass is 32.2. The van der Waals surface area contributed by atoms with E-state index in [0.717, 1.165) is 11.3 Å². The number of amides is 1. The molecule has 5 heteroatoms. The van der Waals surface area contributed by atoms with E-state index in [2.05, 4.69) is 9.97 Å². The lowest BCUT2D eigenvalue weighted by atomic mass is 10.2. The lowest BCUT2D eigenvalue weighted by Crippen LogP contribution is -2.12. The molecule has 4 nitrogen and oxygen atoms in total. The van der Waals surface area contributed by atoms with Crippen molar-refractivity contribution in [3.63, 3.8) is 0 Å². The van der Waals surface area contributed by atoms with Crippen molar-refractivity contribution in [2.24, 2.45) is 5.73 Å². The first-order valence-corrected chi connectivity index (χ1v) is 5.92. The molecule has 1 amide bonds. The molecule has 16 heavy (non-hydrogen) atoms. The van der Waals surface area contributed by atoms with Gasteiger partial charge in [0.15, 0.2) is 5.82 Å². The van der Waals surface area contributed by atoms with Gasteiger partial charge in [-0.3, -0.25) is 4.79 Å². The second-order valence-corrected chi connectivity index (χ2v) is 4.12. The van der Waals surface area contributed by atoms with E-state index >= 15 is 0 Å². The number of aromatic amines is 1. The fraction of sp³-hybridized carbons (Fsp3) is 0.0909. The second-order valence-electron chi connectivity index (χ2n) is 3.24. The monoisotopic (exact) mass is 233 g/mol. The smallest absolute Gasteiger partial charge is 0.284 e. The van der Waals surface area contributed by atoms with Gasteiger partial charge in [-0.25, -0.2) is 4.98 Å². The van der Waals surface area contributed by atoms with Crippen LogP contribution in [0.15, 0.2) is 35.4 Å². The average molecular weight is 233 g/mol. The van der Waals surface area contributed by atoms with Crippen LogP contribution in [-0.2, 0) is 0 Å². The zero-order valence-electron chi connectivity index (χ0n) is 8.73. The average Bonchev–Trinajstić information content (AvgIpc) is 2.78. The van der Waals surface area contributed by atoms with Crippen LogP contribution in [0.1, 0.15) is 10.6 Å². The van der Waals surface area contributed by atoms with Crippen molar-refractivity contribution in [3.8, 4) is 11.3 Å². The molecule has 2 rings (SSSR count). The SMILES string of the molecule is CSc1ccc(-c2cnc(C(N)=O)[nH]2)cc1. The molecule has 0 fully saturated rings. The molecule has 3 N–H and O–H groups in total. The molecule has 0 atom stereocenters. The molecular weight excluding hydrogens is 222 g/mol. The van der Waals surface area contributed by atoms with Crippen LogP contribution in [0.5, 0.6) is 0 Å². The molecule has 0 unspecified atom stereocenters. The van der Waals surface area contributed by atoms with E-state index < -0.39 is 5.91 Å². The van der Waals surface area contributed by atoms with Crippen molar-refractivity contribution in [2.75, 3.05) is 6.26 Å². The molecule has 0 aliphatic carbocycles. The maximum atomic E-state index is 10.9. The Balaban J connectivity index is 2.31. The lowest BCUT2D eigenvalue weighted by Gasteiger charge is -1.99. The first-order valence-electron chi connectivity index (χ1n) is 4.70. The number of primary amides is 1. The summed E-state index contributed by atoms with van der Waals surface area (Å²) in [5.41, 5.74) is 6.89. The Morgan fingerprint density at radius 2 is 2.06 bits per heavy atom. The topological polar surface area (TPSA) is 71.8 Å². The molecule has 0 saturated carbocycles. The molecule has 0 bridgehead atoms. The van der Waals surface area contributed by atoms with E-state index in [9.17, 15) is 4.79 Å². The molecule has 0 aliphatic heterocycles. The Kier molecular flexibility index (Phi) is 2.96. The summed E-state index contributed by atoms with van der Waals surface area (Å²) in [7, 11) is 0. The van der Waals surface area contributed by atoms with E-state index in [1.807, 2.05) is 30.5 Å². The number of hydrogen-bond donors (Lipinski definition) is 2. The van der Waals surface area contributed by atoms with Crippen LogP contribution in [0.25, 0.3) is 11.3 Å². The number of benzene rings is 1. The number of carbonyl (C=O) groups is 1. The summed E-state index contributed by atoms with van der Waals surface area (Å²) >= 11 is 1.68. The number of nitrogens with two attached hydrogens (primary N) is 1. The highest BCUT2D eigenvalue weighted by molar-refractivity contribution is 7.98. The summed E-state index contributed by atoms with van der Waals surface area (Å²) in [5, 5.41) is 0. The van der Waals surface area contributed by atoms with Crippen LogP contribution < -0.4 is 5.73 Å². The second kappa shape index (κ2) is 4.40. The van der Waals surface area contributed by atoms with Gasteiger partial charge in [-0.1, -0.05) is 12.1 Å². The first kappa shape index (κ1) is 10.8. The van der Waals surface area contributed by atoms with E-state index in [1.165, 1.54) is 4.90 Å². The van der Waals surface area contributed by atoms with Crippen molar-refractivity contribution in [1.82, 2.24) is 9.97 Å². The van der Waals surface area contributed by atoms with Gasteiger partial charge in [0.2, 0.25) is 0 Å². The molecular formula is C11H11N3OS. The molecule has 0 aliphatic rings. The molecule has 1 aromatic heterocycles. The van der Waals surface area contributed by atoms with Crippen LogP contribution in [0.3, 0.4) is 0 Å². The summed E-state index contributed by atoms with van der Waals surface area (Å²) < 4.78 is 0.